The quantitative estimate of drug-likeness (QED) is 0.0378. The molecule has 18 heteroatoms. The summed E-state index contributed by atoms with van der Waals surface area (Å²) in [6.07, 6.45) is 0. The van der Waals surface area contributed by atoms with E-state index in [-0.39, 0.29) is 0 Å². The van der Waals surface area contributed by atoms with Gasteiger partial charge in [-0.2, -0.15) is 0 Å². The Balaban J connectivity index is 0.000000171. The number of hydrogen-bond donors (Lipinski definition) is 6. The van der Waals surface area contributed by atoms with Crippen LogP contribution in [-0.2, 0) is 0 Å². The third-order valence-electron chi connectivity index (χ3n) is 15.3. The zero-order valence-electron chi connectivity index (χ0n) is 54.0. The van der Waals surface area contributed by atoms with Gasteiger partial charge in [-0.05, 0) is 160 Å². The SMILES string of the molecule is CN.CN.C[N+](=O)[O-].C[N+](=O)[O-].c1ccc2c(Nc3ccc(Oc4ccc(Nc5c6ccccc6nc6ccccc56)cc4)cc3)c3ccccc3nc2c1.c1ccc2c(Nc3ccc(Oc4ccc(Nc5c6ccccc6nc6ccccc56)cc4)cc3)c3ccccc3nc2c1. The number of hydrogen-bond acceptors (Lipinski definition) is 16. The molecule has 0 saturated heterocycles. The summed E-state index contributed by atoms with van der Waals surface area (Å²) in [4.78, 5) is 35.9. The average molecular weight is 1290 g/mol. The number of benzene rings is 12. The number of nitrogens with two attached hydrogens (primary N) is 2. The van der Waals surface area contributed by atoms with Crippen molar-refractivity contribution in [2.24, 2.45) is 11.5 Å². The fraction of sp³-hybridized carbons (Fsp3) is 0.0500. The number of anilines is 8. The average Bonchev–Trinajstić information content (AvgIpc) is 0.825. The van der Waals surface area contributed by atoms with Crippen LogP contribution in [0.4, 0.5) is 45.5 Å². The molecule has 4 heterocycles. The van der Waals surface area contributed by atoms with E-state index in [0.717, 1.165) is 170 Å². The summed E-state index contributed by atoms with van der Waals surface area (Å²) in [7, 11) is 4.78. The Morgan fingerprint density at radius 1 is 0.255 bits per heavy atom. The molecule has 0 radical (unpaired) electrons. The van der Waals surface area contributed by atoms with Crippen molar-refractivity contribution in [1.29, 1.82) is 0 Å². The Morgan fingerprint density at radius 3 is 0.531 bits per heavy atom. The highest BCUT2D eigenvalue weighted by Crippen LogP contribution is 2.39. The lowest BCUT2D eigenvalue weighted by atomic mass is 10.1. The molecule has 0 amide bonds. The molecule has 484 valence electrons. The molecule has 0 saturated carbocycles. The van der Waals surface area contributed by atoms with Gasteiger partial charge in [-0.15, -0.1) is 0 Å². The van der Waals surface area contributed by atoms with Gasteiger partial charge in [-0.25, -0.2) is 19.9 Å². The molecule has 8 N–H and O–H groups in total. The minimum atomic E-state index is -0.500. The minimum absolute atomic E-state index is 0.500. The normalized spacial score (nSPS) is 10.5. The van der Waals surface area contributed by atoms with Crippen LogP contribution in [0.1, 0.15) is 0 Å². The number of aromatic nitrogens is 4. The maximum absolute atomic E-state index is 8.81. The van der Waals surface area contributed by atoms with Crippen LogP contribution in [0.5, 0.6) is 23.0 Å². The minimum Gasteiger partial charge on any atom is -0.457 e. The molecule has 4 aromatic heterocycles. The lowest BCUT2D eigenvalue weighted by Gasteiger charge is -2.14. The predicted molar refractivity (Wildman–Crippen MR) is 402 cm³/mol. The van der Waals surface area contributed by atoms with Gasteiger partial charge >= 0.3 is 0 Å². The maximum Gasteiger partial charge on any atom is 0.194 e. The van der Waals surface area contributed by atoms with Gasteiger partial charge in [0.05, 0.1) is 66.9 Å². The van der Waals surface area contributed by atoms with Crippen molar-refractivity contribution in [3.05, 3.63) is 311 Å². The monoisotopic (exact) mass is 1290 g/mol. The van der Waals surface area contributed by atoms with Crippen molar-refractivity contribution in [1.82, 2.24) is 19.9 Å². The molecular weight excluding hydrogens is 1220 g/mol. The first-order valence-corrected chi connectivity index (χ1v) is 31.3. The molecule has 0 atom stereocenters. The second-order valence-corrected chi connectivity index (χ2v) is 21.8. The second kappa shape index (κ2) is 31.6. The Bertz CT molecular complexity index is 4550. The fourth-order valence-corrected chi connectivity index (χ4v) is 11.2. The topological polar surface area (TPSA) is 256 Å². The first-order chi connectivity index (χ1) is 48.0. The van der Waals surface area contributed by atoms with E-state index in [0.29, 0.717) is 0 Å². The number of fused-ring (bicyclic) bond motifs is 8. The van der Waals surface area contributed by atoms with Gasteiger partial charge in [0.25, 0.3) is 0 Å². The van der Waals surface area contributed by atoms with Crippen LogP contribution >= 0.6 is 0 Å². The van der Waals surface area contributed by atoms with E-state index in [4.69, 9.17) is 49.6 Å². The van der Waals surface area contributed by atoms with Gasteiger partial charge in [0.15, 0.2) is 14.1 Å². The van der Waals surface area contributed by atoms with E-state index in [1.807, 2.05) is 243 Å². The van der Waals surface area contributed by atoms with E-state index >= 15 is 0 Å². The maximum atomic E-state index is 8.81. The van der Waals surface area contributed by atoms with E-state index in [2.05, 4.69) is 81.3 Å². The third kappa shape index (κ3) is 15.9. The summed E-state index contributed by atoms with van der Waals surface area (Å²) in [6, 6.07) is 97.9. The number of ether oxygens (including phenoxy) is 2. The van der Waals surface area contributed by atoms with Crippen LogP contribution in [0.3, 0.4) is 0 Å². The van der Waals surface area contributed by atoms with Crippen LogP contribution in [0.2, 0.25) is 0 Å². The van der Waals surface area contributed by atoms with E-state index in [1.165, 1.54) is 14.1 Å². The fourth-order valence-electron chi connectivity index (χ4n) is 11.2. The summed E-state index contributed by atoms with van der Waals surface area (Å²) in [5.41, 5.74) is 24.8. The molecule has 0 aliphatic heterocycles. The molecule has 12 aromatic carbocycles. The summed E-state index contributed by atoms with van der Waals surface area (Å²) >= 11 is 0. The number of para-hydroxylation sites is 8. The first-order valence-electron chi connectivity index (χ1n) is 31.3. The zero-order valence-corrected chi connectivity index (χ0v) is 54.0. The number of nitro groups is 2. The molecule has 0 fully saturated rings. The van der Waals surface area contributed by atoms with Gasteiger partial charge in [0, 0.05) is 75.7 Å². The van der Waals surface area contributed by atoms with Gasteiger partial charge in [0.1, 0.15) is 23.0 Å². The molecule has 98 heavy (non-hydrogen) atoms. The number of nitrogens with zero attached hydrogens (tertiary/aromatic N) is 6. The highest BCUT2D eigenvalue weighted by Gasteiger charge is 2.15. The van der Waals surface area contributed by atoms with Crippen LogP contribution in [0.15, 0.2) is 291 Å². The van der Waals surface area contributed by atoms with Crippen LogP contribution in [-0.4, -0.2) is 58.0 Å². The molecule has 16 aromatic rings. The van der Waals surface area contributed by atoms with Gasteiger partial charge < -0.3 is 42.2 Å². The Morgan fingerprint density at radius 2 is 0.388 bits per heavy atom. The van der Waals surface area contributed by atoms with Crippen molar-refractivity contribution in [2.45, 2.75) is 0 Å². The molecule has 0 aliphatic carbocycles. The van der Waals surface area contributed by atoms with Crippen molar-refractivity contribution < 1.29 is 19.3 Å². The molecule has 0 unspecified atom stereocenters. The molecule has 0 aliphatic rings. The van der Waals surface area contributed by atoms with Crippen molar-refractivity contribution in [3.63, 3.8) is 0 Å². The van der Waals surface area contributed by atoms with Crippen LogP contribution in [0.25, 0.3) is 87.2 Å². The summed E-state index contributed by atoms with van der Waals surface area (Å²) < 4.78 is 12.4. The van der Waals surface area contributed by atoms with Crippen molar-refractivity contribution in [2.75, 3.05) is 49.5 Å². The molecule has 18 nitrogen and oxygen atoms in total. The van der Waals surface area contributed by atoms with E-state index < -0.39 is 9.85 Å². The first kappa shape index (κ1) is 66.3. The largest absolute Gasteiger partial charge is 0.457 e. The smallest absolute Gasteiger partial charge is 0.194 e. The lowest BCUT2D eigenvalue weighted by Crippen LogP contribution is -1.96. The number of nitrogens with one attached hydrogen (secondary N) is 4. The van der Waals surface area contributed by atoms with Crippen molar-refractivity contribution >= 4 is 133 Å². The Hall–Kier alpha value is -13.2. The van der Waals surface area contributed by atoms with Gasteiger partial charge in [0.2, 0.25) is 0 Å². The van der Waals surface area contributed by atoms with E-state index in [9.17, 15) is 0 Å². The number of pyridine rings is 4. The molecular formula is C80H68N12O6. The van der Waals surface area contributed by atoms with E-state index in [1.54, 1.807) is 0 Å². The third-order valence-corrected chi connectivity index (χ3v) is 15.3. The van der Waals surface area contributed by atoms with Gasteiger partial charge in [-0.3, -0.25) is 20.2 Å². The van der Waals surface area contributed by atoms with Crippen LogP contribution in [0, 0.1) is 20.2 Å². The summed E-state index contributed by atoms with van der Waals surface area (Å²) in [6.45, 7) is 0. The van der Waals surface area contributed by atoms with Crippen LogP contribution < -0.4 is 42.2 Å². The highest BCUT2D eigenvalue weighted by molar-refractivity contribution is 6.12. The Kier molecular flexibility index (Phi) is 21.4. The molecule has 16 rings (SSSR count). The number of rotatable bonds is 12. The molecule has 0 bridgehead atoms. The summed E-state index contributed by atoms with van der Waals surface area (Å²) in [5, 5.41) is 40.8. The Labute approximate surface area is 564 Å². The standard InChI is InChI=1S/2C38H26N4O.2CH3NO2.2CH5N/c2*1-5-13-33-29(9-1)37(30-10-2-6-14-34(30)41-33)39-25-17-21-27(22-18-25)43-28-23-19-26(20-24-28)40-38-31-11-3-7-15-35(31)42-36-16-8-4-12-32(36)38;2*1-2(3)4;2*1-2/h2*1-24H,(H,39,41)(H,40,42);2*1H3;2*2H2,1H3. The zero-order chi connectivity index (χ0) is 68.3. The van der Waals surface area contributed by atoms with Crippen molar-refractivity contribution in [3.8, 4) is 23.0 Å². The lowest BCUT2D eigenvalue weighted by molar-refractivity contribution is -0.445. The second-order valence-electron chi connectivity index (χ2n) is 21.8. The van der Waals surface area contributed by atoms with Gasteiger partial charge in [-0.1, -0.05) is 146 Å². The predicted octanol–water partition coefficient (Wildman–Crippen LogP) is 19.7. The molecule has 0 spiro atoms. The highest BCUT2D eigenvalue weighted by atomic mass is 16.6. The summed E-state index contributed by atoms with van der Waals surface area (Å²) in [5.74, 6) is 3.06.